The molecule has 40 heavy (non-hydrogen) atoms. The van der Waals surface area contributed by atoms with E-state index in [1.807, 2.05) is 0 Å². The molecule has 2 radical (unpaired) electrons. The molecule has 6 aromatic carbocycles. The van der Waals surface area contributed by atoms with E-state index in [-0.39, 0.29) is 39.7 Å². The summed E-state index contributed by atoms with van der Waals surface area (Å²) in [6.45, 7) is 11.7. The first-order valence-corrected chi connectivity index (χ1v) is 16.4. The standard InChI is InChI=1S/2C17H15.2CH3.2ClH.Si.Zr/c2*1-12-10-16-13(2)8-9-15(17(16)11-12)14-6-4-3-5-7-14;;;;;;/h2*3-11H,1-2H3;2*1H3;2*1H;;/q4*-1;;;;+2/p-2. The summed E-state index contributed by atoms with van der Waals surface area (Å²) in [6, 6.07) is 39.2. The Labute approximate surface area is 271 Å². The van der Waals surface area contributed by atoms with Gasteiger partial charge in [0.2, 0.25) is 0 Å². The normalized spacial score (nSPS) is 9.45. The molecule has 0 saturated carbocycles. The molecule has 0 spiro atoms. The summed E-state index contributed by atoms with van der Waals surface area (Å²) in [4.78, 5) is 0. The first kappa shape index (κ1) is 37.8. The number of hydrogen-bond acceptors (Lipinski definition) is 0. The third-order valence-electron chi connectivity index (χ3n) is 6.67. The van der Waals surface area contributed by atoms with Crippen LogP contribution in [0.1, 0.15) is 22.3 Å². The van der Waals surface area contributed by atoms with Gasteiger partial charge in [0.15, 0.2) is 0 Å². The molecule has 4 heteroatoms. The van der Waals surface area contributed by atoms with Crippen LogP contribution in [0.15, 0.2) is 109 Å². The topological polar surface area (TPSA) is 0 Å². The molecule has 0 aliphatic carbocycles. The fourth-order valence-corrected chi connectivity index (χ4v) is 4.92. The number of benzene rings is 4. The molecule has 6 rings (SSSR count). The number of aryl methyl sites for hydroxylation is 4. The van der Waals surface area contributed by atoms with Crippen molar-refractivity contribution in [2.45, 2.75) is 27.7 Å². The van der Waals surface area contributed by atoms with Crippen LogP contribution in [0.5, 0.6) is 0 Å². The number of fused-ring (bicyclic) bond motifs is 2. The van der Waals surface area contributed by atoms with Gasteiger partial charge in [0.05, 0.1) is 0 Å². The van der Waals surface area contributed by atoms with Gasteiger partial charge in [-0.1, -0.05) is 112 Å². The average molecular weight is 659 g/mol. The van der Waals surface area contributed by atoms with Crippen molar-refractivity contribution in [1.29, 1.82) is 0 Å². The molecule has 0 heterocycles. The van der Waals surface area contributed by atoms with Crippen LogP contribution >= 0.6 is 0 Å². The van der Waals surface area contributed by atoms with Crippen LogP contribution in [0.4, 0.5) is 0 Å². The summed E-state index contributed by atoms with van der Waals surface area (Å²) in [5.74, 6) is 0. The van der Waals surface area contributed by atoms with Crippen molar-refractivity contribution in [3.05, 3.63) is 146 Å². The van der Waals surface area contributed by atoms with E-state index < -0.39 is 0 Å². The average Bonchev–Trinajstić information content (AvgIpc) is 3.50. The van der Waals surface area contributed by atoms with Crippen molar-refractivity contribution in [3.8, 4) is 22.3 Å². The van der Waals surface area contributed by atoms with Crippen LogP contribution in [-0.2, 0) is 23.3 Å². The molecule has 0 nitrogen and oxygen atoms in total. The van der Waals surface area contributed by atoms with Crippen molar-refractivity contribution < 1.29 is 48.1 Å². The van der Waals surface area contributed by atoms with Crippen molar-refractivity contribution in [2.24, 2.45) is 0 Å². The van der Waals surface area contributed by atoms with Gasteiger partial charge in [0, 0.05) is 0 Å². The fourth-order valence-electron chi connectivity index (χ4n) is 4.92. The van der Waals surface area contributed by atoms with Crippen LogP contribution in [0.2, 0.25) is 0 Å². The van der Waals surface area contributed by atoms with Gasteiger partial charge in [0.1, 0.15) is 0 Å². The molecule has 0 atom stereocenters. The van der Waals surface area contributed by atoms with Gasteiger partial charge in [-0.25, -0.2) is 0 Å². The van der Waals surface area contributed by atoms with Gasteiger partial charge in [-0.3, -0.25) is 0 Å². The van der Waals surface area contributed by atoms with Gasteiger partial charge < -0.3 is 39.7 Å². The molecule has 206 valence electrons. The van der Waals surface area contributed by atoms with E-state index in [1.54, 1.807) is 0 Å². The second-order valence-corrected chi connectivity index (χ2v) is 9.31. The van der Waals surface area contributed by atoms with E-state index in [2.05, 4.69) is 144 Å². The van der Waals surface area contributed by atoms with Crippen LogP contribution in [0.3, 0.4) is 0 Å². The Morgan fingerprint density at radius 2 is 0.825 bits per heavy atom. The molecule has 0 N–H and O–H groups in total. The first-order chi connectivity index (χ1) is 17.5. The van der Waals surface area contributed by atoms with Crippen molar-refractivity contribution >= 4 is 28.4 Å². The zero-order valence-corrected chi connectivity index (χ0v) is 29.1. The SMILES string of the molecule is Cc1cc2c(-c3ccccc3)ccc(C)c2[cH-]1.Cc1cc2c(-c3ccccc3)ccc(C)c2[cH-]1.[CH3-].[CH3-].[Cl-].[Cl-].[Si]=[Zr+2]. The Hall–Kier alpha value is -2.22. The molecule has 0 fully saturated rings. The summed E-state index contributed by atoms with van der Waals surface area (Å²) in [5, 5.41) is 5.50. The second-order valence-electron chi connectivity index (χ2n) is 9.31. The van der Waals surface area contributed by atoms with Gasteiger partial charge >= 0.3 is 30.2 Å². The molecule has 0 unspecified atom stereocenters. The van der Waals surface area contributed by atoms with E-state index in [0.717, 1.165) is 0 Å². The summed E-state index contributed by atoms with van der Waals surface area (Å²) >= 11 is 1.36. The Morgan fingerprint density at radius 1 is 0.500 bits per heavy atom. The summed E-state index contributed by atoms with van der Waals surface area (Å²) < 4.78 is 0. The van der Waals surface area contributed by atoms with Gasteiger partial charge in [0.25, 0.3) is 0 Å². The van der Waals surface area contributed by atoms with Crippen LogP contribution in [0, 0.1) is 42.5 Å². The monoisotopic (exact) mass is 656 g/mol. The van der Waals surface area contributed by atoms with Crippen molar-refractivity contribution in [2.75, 3.05) is 0 Å². The summed E-state index contributed by atoms with van der Waals surface area (Å²) in [5.41, 5.74) is 10.6. The number of hydrogen-bond donors (Lipinski definition) is 0. The van der Waals surface area contributed by atoms with E-state index in [1.165, 1.54) is 89.4 Å². The third kappa shape index (κ3) is 8.40. The predicted molar refractivity (Wildman–Crippen MR) is 167 cm³/mol. The summed E-state index contributed by atoms with van der Waals surface area (Å²) in [7, 11) is 0. The predicted octanol–water partition coefficient (Wildman–Crippen LogP) is 4.21. The molecule has 0 aromatic heterocycles. The zero-order valence-electron chi connectivity index (χ0n) is 24.1. The minimum absolute atomic E-state index is 0. The van der Waals surface area contributed by atoms with Gasteiger partial charge in [-0.2, -0.15) is 12.1 Å². The van der Waals surface area contributed by atoms with Crippen LogP contribution in [0.25, 0.3) is 43.8 Å². The molecule has 0 bridgehead atoms. The molecule has 0 aliphatic rings. The molecule has 0 saturated heterocycles. The van der Waals surface area contributed by atoms with E-state index in [4.69, 9.17) is 0 Å². The van der Waals surface area contributed by atoms with Crippen LogP contribution < -0.4 is 24.8 Å². The minimum atomic E-state index is 0. The second kappa shape index (κ2) is 17.6. The Balaban J connectivity index is 0.000000655. The molecule has 6 aromatic rings. The van der Waals surface area contributed by atoms with Gasteiger partial charge in [-0.05, 0) is 11.1 Å². The first-order valence-electron chi connectivity index (χ1n) is 12.2. The quantitative estimate of drug-likeness (QED) is 0.193. The van der Waals surface area contributed by atoms with E-state index in [0.29, 0.717) is 0 Å². The van der Waals surface area contributed by atoms with Crippen LogP contribution in [-0.4, -0.2) is 6.88 Å². The molecule has 0 aliphatic heterocycles. The van der Waals surface area contributed by atoms with E-state index in [9.17, 15) is 0 Å². The zero-order chi connectivity index (χ0) is 25.7. The van der Waals surface area contributed by atoms with Crippen molar-refractivity contribution in [3.63, 3.8) is 0 Å². The Morgan fingerprint density at radius 3 is 1.15 bits per heavy atom. The fraction of sp³-hybridized carbons (Fsp3) is 0.111. The molecular formula is C36H36Cl2SiZr-4. The van der Waals surface area contributed by atoms with Gasteiger partial charge in [-0.15, -0.1) is 68.1 Å². The van der Waals surface area contributed by atoms with E-state index >= 15 is 0 Å². The summed E-state index contributed by atoms with van der Waals surface area (Å²) in [6.07, 6.45) is 0. The number of rotatable bonds is 2. The third-order valence-corrected chi connectivity index (χ3v) is 6.67. The van der Waals surface area contributed by atoms with Crippen molar-refractivity contribution in [1.82, 2.24) is 0 Å². The number of halogens is 2. The maximum atomic E-state index is 3.06. The maximum absolute atomic E-state index is 3.06. The molecular weight excluding hydrogens is 623 g/mol. The molecule has 0 amide bonds. The Kier molecular flexibility index (Phi) is 16.6. The Bertz CT molecular complexity index is 1480.